The van der Waals surface area contributed by atoms with E-state index < -0.39 is 0 Å². The molecule has 1 heterocycles. The largest absolute Gasteiger partial charge is 0.496 e. The maximum Gasteiger partial charge on any atom is 0.261 e. The molecule has 0 fully saturated rings. The monoisotopic (exact) mass is 318 g/mol. The molecule has 0 aliphatic heterocycles. The van der Waals surface area contributed by atoms with E-state index in [0.29, 0.717) is 27.2 Å². The Morgan fingerprint density at radius 1 is 1.27 bits per heavy atom. The SMILES string of the molecule is COc1ccc(F)cc1Cn1cnc2ccc(Cl)cc2c1=O. The van der Waals surface area contributed by atoms with Crippen LogP contribution in [0.15, 0.2) is 47.5 Å². The van der Waals surface area contributed by atoms with Crippen molar-refractivity contribution >= 4 is 22.5 Å². The van der Waals surface area contributed by atoms with E-state index in [1.54, 1.807) is 18.2 Å². The van der Waals surface area contributed by atoms with Crippen LogP contribution in [0.2, 0.25) is 5.02 Å². The zero-order chi connectivity index (χ0) is 15.7. The van der Waals surface area contributed by atoms with E-state index in [0.717, 1.165) is 0 Å². The topological polar surface area (TPSA) is 44.1 Å². The Bertz CT molecular complexity index is 908. The summed E-state index contributed by atoms with van der Waals surface area (Å²) in [5.41, 5.74) is 0.892. The fourth-order valence-electron chi connectivity index (χ4n) is 2.30. The van der Waals surface area contributed by atoms with Crippen LogP contribution >= 0.6 is 11.6 Å². The second kappa shape index (κ2) is 5.77. The summed E-state index contributed by atoms with van der Waals surface area (Å²) >= 11 is 5.93. The van der Waals surface area contributed by atoms with Crippen molar-refractivity contribution in [3.05, 3.63) is 69.5 Å². The fraction of sp³-hybridized carbons (Fsp3) is 0.125. The van der Waals surface area contributed by atoms with Crippen molar-refractivity contribution in [2.24, 2.45) is 0 Å². The summed E-state index contributed by atoms with van der Waals surface area (Å²) in [5, 5.41) is 0.887. The minimum absolute atomic E-state index is 0.162. The molecule has 0 radical (unpaired) electrons. The molecule has 0 saturated heterocycles. The average molecular weight is 319 g/mol. The molecule has 3 aromatic rings. The van der Waals surface area contributed by atoms with Crippen LogP contribution in [-0.4, -0.2) is 16.7 Å². The predicted octanol–water partition coefficient (Wildman–Crippen LogP) is 3.25. The molecule has 0 amide bonds. The molecule has 1 aromatic heterocycles. The van der Waals surface area contributed by atoms with Crippen LogP contribution in [0.5, 0.6) is 5.75 Å². The fourth-order valence-corrected chi connectivity index (χ4v) is 2.47. The molecule has 2 aromatic carbocycles. The number of methoxy groups -OCH3 is 1. The van der Waals surface area contributed by atoms with E-state index in [9.17, 15) is 9.18 Å². The summed E-state index contributed by atoms with van der Waals surface area (Å²) in [6.07, 6.45) is 1.43. The summed E-state index contributed by atoms with van der Waals surface area (Å²) in [6, 6.07) is 9.12. The lowest BCUT2D eigenvalue weighted by molar-refractivity contribution is 0.406. The van der Waals surface area contributed by atoms with Crippen LogP contribution in [0.1, 0.15) is 5.56 Å². The van der Waals surface area contributed by atoms with Gasteiger partial charge in [-0.2, -0.15) is 0 Å². The summed E-state index contributed by atoms with van der Waals surface area (Å²) < 4.78 is 20.0. The number of rotatable bonds is 3. The van der Waals surface area contributed by atoms with E-state index in [4.69, 9.17) is 16.3 Å². The van der Waals surface area contributed by atoms with Crippen LogP contribution < -0.4 is 10.3 Å². The highest BCUT2D eigenvalue weighted by atomic mass is 35.5. The molecule has 0 spiro atoms. The van der Waals surface area contributed by atoms with Gasteiger partial charge in [-0.15, -0.1) is 0 Å². The lowest BCUT2D eigenvalue weighted by atomic mass is 10.2. The first-order chi connectivity index (χ1) is 10.6. The van der Waals surface area contributed by atoms with Crippen molar-refractivity contribution in [3.63, 3.8) is 0 Å². The van der Waals surface area contributed by atoms with Gasteiger partial charge in [0, 0.05) is 10.6 Å². The second-order valence-corrected chi connectivity index (χ2v) is 5.23. The highest BCUT2D eigenvalue weighted by Gasteiger charge is 2.09. The van der Waals surface area contributed by atoms with Crippen LogP contribution in [0.25, 0.3) is 10.9 Å². The maximum absolute atomic E-state index is 13.4. The molecule has 0 bridgehead atoms. The Labute approximate surface area is 130 Å². The molecule has 0 saturated carbocycles. The van der Waals surface area contributed by atoms with Crippen LogP contribution in [0, 0.1) is 5.82 Å². The van der Waals surface area contributed by atoms with Gasteiger partial charge in [0.1, 0.15) is 11.6 Å². The molecule has 112 valence electrons. The number of aromatic nitrogens is 2. The number of ether oxygens (including phenoxy) is 1. The first-order valence-electron chi connectivity index (χ1n) is 6.55. The molecule has 0 atom stereocenters. The molecule has 0 aliphatic carbocycles. The average Bonchev–Trinajstić information content (AvgIpc) is 2.51. The van der Waals surface area contributed by atoms with E-state index in [2.05, 4.69) is 4.98 Å². The smallest absolute Gasteiger partial charge is 0.261 e. The zero-order valence-electron chi connectivity index (χ0n) is 11.7. The third kappa shape index (κ3) is 2.67. The first kappa shape index (κ1) is 14.5. The van der Waals surface area contributed by atoms with E-state index in [-0.39, 0.29) is 17.9 Å². The van der Waals surface area contributed by atoms with Gasteiger partial charge in [-0.05, 0) is 36.4 Å². The number of benzene rings is 2. The van der Waals surface area contributed by atoms with Crippen LogP contribution in [0.4, 0.5) is 4.39 Å². The van der Waals surface area contributed by atoms with Gasteiger partial charge in [0.2, 0.25) is 0 Å². The van der Waals surface area contributed by atoms with E-state index in [1.165, 1.54) is 36.2 Å². The molecule has 4 nitrogen and oxygen atoms in total. The summed E-state index contributed by atoms with van der Waals surface area (Å²) in [6.45, 7) is 0.162. The molecular formula is C16H12ClFN2O2. The van der Waals surface area contributed by atoms with Crippen molar-refractivity contribution in [3.8, 4) is 5.75 Å². The number of halogens is 2. The summed E-state index contributed by atoms with van der Waals surface area (Å²) in [4.78, 5) is 16.7. The Morgan fingerprint density at radius 2 is 2.09 bits per heavy atom. The number of hydrogen-bond acceptors (Lipinski definition) is 3. The minimum atomic E-state index is -0.388. The molecule has 6 heteroatoms. The first-order valence-corrected chi connectivity index (χ1v) is 6.93. The van der Waals surface area contributed by atoms with Crippen molar-refractivity contribution in [2.45, 2.75) is 6.54 Å². The van der Waals surface area contributed by atoms with Gasteiger partial charge in [0.15, 0.2) is 0 Å². The Balaban J connectivity index is 2.10. The predicted molar refractivity (Wildman–Crippen MR) is 83.1 cm³/mol. The van der Waals surface area contributed by atoms with E-state index >= 15 is 0 Å². The molecule has 0 N–H and O–H groups in total. The highest BCUT2D eigenvalue weighted by molar-refractivity contribution is 6.31. The number of nitrogens with zero attached hydrogens (tertiary/aromatic N) is 2. The van der Waals surface area contributed by atoms with Crippen LogP contribution in [-0.2, 0) is 6.54 Å². The third-order valence-corrected chi connectivity index (χ3v) is 3.60. The second-order valence-electron chi connectivity index (χ2n) is 4.80. The minimum Gasteiger partial charge on any atom is -0.496 e. The molecule has 22 heavy (non-hydrogen) atoms. The van der Waals surface area contributed by atoms with Crippen molar-refractivity contribution in [2.75, 3.05) is 7.11 Å². The molecule has 0 aliphatic rings. The molecule has 3 rings (SSSR count). The lowest BCUT2D eigenvalue weighted by Crippen LogP contribution is -2.21. The summed E-state index contributed by atoms with van der Waals surface area (Å²) in [5.74, 6) is 0.125. The third-order valence-electron chi connectivity index (χ3n) is 3.37. The normalized spacial score (nSPS) is 10.9. The number of hydrogen-bond donors (Lipinski definition) is 0. The Morgan fingerprint density at radius 3 is 2.86 bits per heavy atom. The van der Waals surface area contributed by atoms with Gasteiger partial charge in [0.05, 0.1) is 30.9 Å². The van der Waals surface area contributed by atoms with Gasteiger partial charge < -0.3 is 4.74 Å². The zero-order valence-corrected chi connectivity index (χ0v) is 12.5. The lowest BCUT2D eigenvalue weighted by Gasteiger charge is -2.11. The summed E-state index contributed by atoms with van der Waals surface area (Å²) in [7, 11) is 1.50. The van der Waals surface area contributed by atoms with Gasteiger partial charge in [-0.3, -0.25) is 9.36 Å². The van der Waals surface area contributed by atoms with Crippen LogP contribution in [0.3, 0.4) is 0 Å². The number of fused-ring (bicyclic) bond motifs is 1. The van der Waals surface area contributed by atoms with Gasteiger partial charge in [0.25, 0.3) is 5.56 Å². The van der Waals surface area contributed by atoms with E-state index in [1.807, 2.05) is 0 Å². The quantitative estimate of drug-likeness (QED) is 0.744. The van der Waals surface area contributed by atoms with Crippen molar-refractivity contribution < 1.29 is 9.13 Å². The standard InChI is InChI=1S/C16H12ClFN2O2/c1-22-15-5-3-12(18)6-10(15)8-20-9-19-14-4-2-11(17)7-13(14)16(20)21/h2-7,9H,8H2,1H3. The Hall–Kier alpha value is -2.40. The van der Waals surface area contributed by atoms with Gasteiger partial charge in [-0.25, -0.2) is 9.37 Å². The van der Waals surface area contributed by atoms with Crippen molar-refractivity contribution in [1.29, 1.82) is 0 Å². The molecular weight excluding hydrogens is 307 g/mol. The van der Waals surface area contributed by atoms with Crippen molar-refractivity contribution in [1.82, 2.24) is 9.55 Å². The van der Waals surface area contributed by atoms with Gasteiger partial charge >= 0.3 is 0 Å². The van der Waals surface area contributed by atoms with Gasteiger partial charge in [-0.1, -0.05) is 11.6 Å². The Kier molecular flexibility index (Phi) is 3.81. The molecule has 0 unspecified atom stereocenters. The maximum atomic E-state index is 13.4. The highest BCUT2D eigenvalue weighted by Crippen LogP contribution is 2.20.